The Morgan fingerprint density at radius 2 is 2.15 bits per heavy atom. The van der Waals surface area contributed by atoms with Crippen molar-refractivity contribution in [1.29, 1.82) is 0 Å². The average Bonchev–Trinajstić information content (AvgIpc) is 2.87. The molecule has 2 aromatic rings. The van der Waals surface area contributed by atoms with Crippen LogP contribution in [-0.4, -0.2) is 16.3 Å². The molecule has 0 saturated heterocycles. The van der Waals surface area contributed by atoms with Crippen LogP contribution >= 0.6 is 0 Å². The van der Waals surface area contributed by atoms with Gasteiger partial charge in [-0.05, 0) is 26.0 Å². The summed E-state index contributed by atoms with van der Waals surface area (Å²) in [4.78, 5) is 0. The van der Waals surface area contributed by atoms with E-state index >= 15 is 0 Å². The zero-order chi connectivity index (χ0) is 14.4. The Labute approximate surface area is 120 Å². The Kier molecular flexibility index (Phi) is 5.18. The molecule has 1 N–H and O–H groups in total. The molecule has 4 nitrogen and oxygen atoms in total. The van der Waals surface area contributed by atoms with E-state index in [2.05, 4.69) is 43.3 Å². The summed E-state index contributed by atoms with van der Waals surface area (Å²) >= 11 is 0. The molecule has 0 aliphatic heterocycles. The highest BCUT2D eigenvalue weighted by Crippen LogP contribution is 2.26. The van der Waals surface area contributed by atoms with Crippen molar-refractivity contribution >= 4 is 0 Å². The maximum absolute atomic E-state index is 5.97. The largest absolute Gasteiger partial charge is 0.454 e. The summed E-state index contributed by atoms with van der Waals surface area (Å²) in [6.45, 7) is 9.01. The van der Waals surface area contributed by atoms with Crippen molar-refractivity contribution in [3.63, 3.8) is 0 Å². The lowest BCUT2D eigenvalue weighted by molar-refractivity contribution is 0.471. The summed E-state index contributed by atoms with van der Waals surface area (Å²) in [7, 11) is 0. The molecule has 0 bridgehead atoms. The van der Waals surface area contributed by atoms with E-state index in [1.54, 1.807) is 6.20 Å². The number of aryl methyl sites for hydroxylation is 2. The van der Waals surface area contributed by atoms with Crippen LogP contribution in [0, 0.1) is 6.92 Å². The van der Waals surface area contributed by atoms with Crippen LogP contribution in [-0.2, 0) is 13.1 Å². The Bertz CT molecular complexity index is 548. The van der Waals surface area contributed by atoms with Crippen LogP contribution in [0.15, 0.2) is 30.6 Å². The van der Waals surface area contributed by atoms with Gasteiger partial charge in [-0.25, -0.2) is 0 Å². The van der Waals surface area contributed by atoms with E-state index in [4.69, 9.17) is 4.74 Å². The second-order valence-electron chi connectivity index (χ2n) is 4.93. The van der Waals surface area contributed by atoms with Crippen molar-refractivity contribution in [3.05, 3.63) is 41.7 Å². The molecule has 0 radical (unpaired) electrons. The molecule has 108 valence electrons. The van der Waals surface area contributed by atoms with E-state index in [0.717, 1.165) is 37.6 Å². The summed E-state index contributed by atoms with van der Waals surface area (Å²) in [5, 5.41) is 7.63. The molecular formula is C16H23N3O. The van der Waals surface area contributed by atoms with Gasteiger partial charge in [-0.2, -0.15) is 5.10 Å². The number of ether oxygens (including phenoxy) is 1. The first-order chi connectivity index (χ1) is 9.72. The fourth-order valence-corrected chi connectivity index (χ4v) is 2.08. The quantitative estimate of drug-likeness (QED) is 0.839. The zero-order valence-corrected chi connectivity index (χ0v) is 12.5. The fraction of sp³-hybridized carbons (Fsp3) is 0.438. The number of nitrogens with one attached hydrogen (secondary N) is 1. The van der Waals surface area contributed by atoms with Crippen molar-refractivity contribution < 1.29 is 4.74 Å². The molecule has 0 unspecified atom stereocenters. The number of hydrogen-bond donors (Lipinski definition) is 1. The molecule has 1 aromatic heterocycles. The number of nitrogens with zero attached hydrogens (tertiary/aromatic N) is 2. The Balaban J connectivity index is 2.14. The molecule has 0 atom stereocenters. The molecule has 0 aliphatic carbocycles. The van der Waals surface area contributed by atoms with Gasteiger partial charge in [0.15, 0.2) is 5.75 Å². The minimum Gasteiger partial charge on any atom is -0.454 e. The van der Waals surface area contributed by atoms with E-state index in [-0.39, 0.29) is 0 Å². The Morgan fingerprint density at radius 1 is 1.30 bits per heavy atom. The SMILES string of the molecule is CCCn1cc(Oc2ccc(C)cc2CNCC)cn1. The second-order valence-corrected chi connectivity index (χ2v) is 4.93. The molecule has 0 aliphatic rings. The number of rotatable bonds is 7. The van der Waals surface area contributed by atoms with Crippen LogP contribution in [0.1, 0.15) is 31.4 Å². The maximum atomic E-state index is 5.97. The lowest BCUT2D eigenvalue weighted by Crippen LogP contribution is -2.12. The summed E-state index contributed by atoms with van der Waals surface area (Å²) in [5.41, 5.74) is 2.42. The highest BCUT2D eigenvalue weighted by Gasteiger charge is 2.07. The number of aromatic nitrogens is 2. The third-order valence-corrected chi connectivity index (χ3v) is 3.07. The normalized spacial score (nSPS) is 10.8. The first-order valence-corrected chi connectivity index (χ1v) is 7.23. The summed E-state index contributed by atoms with van der Waals surface area (Å²) in [6, 6.07) is 6.26. The van der Waals surface area contributed by atoms with Crippen molar-refractivity contribution in [3.8, 4) is 11.5 Å². The van der Waals surface area contributed by atoms with Gasteiger partial charge in [0.2, 0.25) is 0 Å². The summed E-state index contributed by atoms with van der Waals surface area (Å²) < 4.78 is 7.88. The van der Waals surface area contributed by atoms with Gasteiger partial charge in [0, 0.05) is 18.7 Å². The number of hydrogen-bond acceptors (Lipinski definition) is 3. The molecule has 1 heterocycles. The van der Waals surface area contributed by atoms with Crippen LogP contribution in [0.5, 0.6) is 11.5 Å². The predicted octanol–water partition coefficient (Wildman–Crippen LogP) is 3.50. The van der Waals surface area contributed by atoms with Crippen molar-refractivity contribution in [2.75, 3.05) is 6.54 Å². The molecule has 0 saturated carbocycles. The third-order valence-electron chi connectivity index (χ3n) is 3.07. The minimum absolute atomic E-state index is 0.792. The van der Waals surface area contributed by atoms with Gasteiger partial charge in [0.05, 0.1) is 12.4 Å². The molecule has 0 amide bonds. The van der Waals surface area contributed by atoms with Crippen LogP contribution < -0.4 is 10.1 Å². The lowest BCUT2D eigenvalue weighted by atomic mass is 10.1. The van der Waals surface area contributed by atoms with Gasteiger partial charge in [-0.3, -0.25) is 4.68 Å². The minimum atomic E-state index is 0.792. The molecular weight excluding hydrogens is 250 g/mol. The van der Waals surface area contributed by atoms with Crippen molar-refractivity contribution in [1.82, 2.24) is 15.1 Å². The first-order valence-electron chi connectivity index (χ1n) is 7.23. The van der Waals surface area contributed by atoms with Crippen LogP contribution in [0.25, 0.3) is 0 Å². The van der Waals surface area contributed by atoms with Crippen LogP contribution in [0.2, 0.25) is 0 Å². The smallest absolute Gasteiger partial charge is 0.165 e. The van der Waals surface area contributed by atoms with Gasteiger partial charge in [0.25, 0.3) is 0 Å². The van der Waals surface area contributed by atoms with E-state index in [0.29, 0.717) is 0 Å². The van der Waals surface area contributed by atoms with Gasteiger partial charge in [-0.1, -0.05) is 31.5 Å². The molecule has 0 spiro atoms. The second kappa shape index (κ2) is 7.10. The average molecular weight is 273 g/mol. The van der Waals surface area contributed by atoms with Gasteiger partial charge >= 0.3 is 0 Å². The van der Waals surface area contributed by atoms with E-state index in [1.807, 2.05) is 16.9 Å². The standard InChI is InChI=1S/C16H23N3O/c1-4-8-19-12-15(11-18-19)20-16-7-6-13(3)9-14(16)10-17-5-2/h6-7,9,11-12,17H,4-5,8,10H2,1-3H3. The highest BCUT2D eigenvalue weighted by molar-refractivity contribution is 5.39. The molecule has 2 rings (SSSR count). The van der Waals surface area contributed by atoms with Gasteiger partial charge in [-0.15, -0.1) is 0 Å². The number of benzene rings is 1. The Hall–Kier alpha value is -1.81. The van der Waals surface area contributed by atoms with Crippen LogP contribution in [0.4, 0.5) is 0 Å². The zero-order valence-electron chi connectivity index (χ0n) is 12.5. The Morgan fingerprint density at radius 3 is 2.90 bits per heavy atom. The van der Waals surface area contributed by atoms with E-state index in [9.17, 15) is 0 Å². The maximum Gasteiger partial charge on any atom is 0.165 e. The van der Waals surface area contributed by atoms with Crippen molar-refractivity contribution in [2.24, 2.45) is 0 Å². The monoisotopic (exact) mass is 273 g/mol. The van der Waals surface area contributed by atoms with Crippen molar-refractivity contribution in [2.45, 2.75) is 40.3 Å². The van der Waals surface area contributed by atoms with E-state index < -0.39 is 0 Å². The topological polar surface area (TPSA) is 39.1 Å². The van der Waals surface area contributed by atoms with Gasteiger partial charge in [0.1, 0.15) is 5.75 Å². The third kappa shape index (κ3) is 3.84. The lowest BCUT2D eigenvalue weighted by Gasteiger charge is -2.11. The first kappa shape index (κ1) is 14.6. The molecule has 1 aromatic carbocycles. The molecule has 20 heavy (non-hydrogen) atoms. The summed E-state index contributed by atoms with van der Waals surface area (Å²) in [6.07, 6.45) is 4.78. The highest BCUT2D eigenvalue weighted by atomic mass is 16.5. The van der Waals surface area contributed by atoms with Crippen LogP contribution in [0.3, 0.4) is 0 Å². The molecule has 0 fully saturated rings. The van der Waals surface area contributed by atoms with Gasteiger partial charge < -0.3 is 10.1 Å². The molecule has 4 heteroatoms. The fourth-order valence-electron chi connectivity index (χ4n) is 2.08. The van der Waals surface area contributed by atoms with E-state index in [1.165, 1.54) is 11.1 Å². The summed E-state index contributed by atoms with van der Waals surface area (Å²) in [5.74, 6) is 1.69. The predicted molar refractivity (Wildman–Crippen MR) is 81.2 cm³/mol.